The summed E-state index contributed by atoms with van der Waals surface area (Å²) in [6.45, 7) is 8.15. The highest BCUT2D eigenvalue weighted by Gasteiger charge is 2.18. The molecule has 3 N–H and O–H groups in total. The van der Waals surface area contributed by atoms with E-state index in [0.29, 0.717) is 17.9 Å². The summed E-state index contributed by atoms with van der Waals surface area (Å²) in [5.41, 5.74) is 6.54. The molecule has 2 rings (SSSR count). The quantitative estimate of drug-likeness (QED) is 0.607. The Morgan fingerprint density at radius 1 is 1.62 bits per heavy atom. The van der Waals surface area contributed by atoms with E-state index in [2.05, 4.69) is 10.2 Å². The third-order valence-corrected chi connectivity index (χ3v) is 2.55. The Morgan fingerprint density at radius 3 is 2.94 bits per heavy atom. The predicted molar refractivity (Wildman–Crippen MR) is 59.9 cm³/mol. The zero-order valence-electron chi connectivity index (χ0n) is 8.66. The van der Waals surface area contributed by atoms with Gasteiger partial charge in [0.05, 0.1) is 18.4 Å². The molecule has 0 aromatic heterocycles. The van der Waals surface area contributed by atoms with Crippen molar-refractivity contribution in [3.63, 3.8) is 0 Å². The molecule has 1 fully saturated rings. The summed E-state index contributed by atoms with van der Waals surface area (Å²) in [5, 5.41) is 3.01. The van der Waals surface area contributed by atoms with Crippen molar-refractivity contribution in [2.75, 3.05) is 24.2 Å². The van der Waals surface area contributed by atoms with Crippen LogP contribution in [0.5, 0.6) is 0 Å². The van der Waals surface area contributed by atoms with Gasteiger partial charge in [-0.05, 0) is 18.6 Å². The number of nitrogens with zero attached hydrogens (tertiary/aromatic N) is 1. The minimum absolute atomic E-state index is 0.0528. The lowest BCUT2D eigenvalue weighted by Crippen LogP contribution is -2.33. The molecule has 1 saturated heterocycles. The zero-order chi connectivity index (χ0) is 11.5. The van der Waals surface area contributed by atoms with Gasteiger partial charge in [0.1, 0.15) is 5.82 Å². The molecule has 0 aliphatic carbocycles. The van der Waals surface area contributed by atoms with E-state index in [1.807, 2.05) is 0 Å². The van der Waals surface area contributed by atoms with Crippen molar-refractivity contribution >= 4 is 17.1 Å². The van der Waals surface area contributed by atoms with Crippen LogP contribution in [-0.2, 0) is 4.74 Å². The summed E-state index contributed by atoms with van der Waals surface area (Å²) in [6.07, 6.45) is 1.19. The molecule has 1 aliphatic rings. The molecule has 1 aliphatic heterocycles. The van der Waals surface area contributed by atoms with Crippen LogP contribution in [0.2, 0.25) is 0 Å². The normalized spacial score (nSPS) is 18.6. The van der Waals surface area contributed by atoms with Gasteiger partial charge in [-0.25, -0.2) is 9.24 Å². The van der Waals surface area contributed by atoms with Gasteiger partial charge in [0, 0.05) is 18.8 Å². The van der Waals surface area contributed by atoms with Gasteiger partial charge in [0.25, 0.3) is 0 Å². The maximum Gasteiger partial charge on any atom is 0.224 e. The number of hydrogen-bond donors (Lipinski definition) is 2. The molecule has 1 atom stereocenters. The standard InChI is InChI=1S/C11H12FN3O/c1-14-10-5-9(13)11(4-8(10)12)15-6-7-2-3-16-7/h4-5,7,15H,2-3,6,13H2/t7-/m0/s1. The number of nitrogens with one attached hydrogen (secondary N) is 1. The maximum atomic E-state index is 13.3. The highest BCUT2D eigenvalue weighted by atomic mass is 19.1. The van der Waals surface area contributed by atoms with Crippen LogP contribution in [0.3, 0.4) is 0 Å². The number of nitrogen functional groups attached to an aromatic ring is 1. The molecule has 0 unspecified atom stereocenters. The van der Waals surface area contributed by atoms with Crippen molar-refractivity contribution in [2.24, 2.45) is 0 Å². The predicted octanol–water partition coefficient (Wildman–Crippen LogP) is 2.16. The summed E-state index contributed by atoms with van der Waals surface area (Å²) < 4.78 is 18.5. The molecule has 1 heterocycles. The molecule has 16 heavy (non-hydrogen) atoms. The molecule has 4 nitrogen and oxygen atoms in total. The van der Waals surface area contributed by atoms with Crippen LogP contribution in [-0.4, -0.2) is 19.3 Å². The zero-order valence-corrected chi connectivity index (χ0v) is 8.66. The molecule has 0 bridgehead atoms. The second kappa shape index (κ2) is 4.37. The van der Waals surface area contributed by atoms with Crippen molar-refractivity contribution in [3.05, 3.63) is 29.4 Å². The van der Waals surface area contributed by atoms with E-state index in [-0.39, 0.29) is 11.8 Å². The fourth-order valence-corrected chi connectivity index (χ4v) is 1.49. The first-order valence-corrected chi connectivity index (χ1v) is 5.02. The van der Waals surface area contributed by atoms with E-state index < -0.39 is 5.82 Å². The molecule has 1 aromatic rings. The van der Waals surface area contributed by atoms with Crippen LogP contribution in [0.25, 0.3) is 4.85 Å². The van der Waals surface area contributed by atoms with Crippen LogP contribution < -0.4 is 11.1 Å². The van der Waals surface area contributed by atoms with Gasteiger partial charge in [-0.2, -0.15) is 0 Å². The maximum absolute atomic E-state index is 13.3. The molecule has 0 spiro atoms. The number of ether oxygens (including phenoxy) is 1. The summed E-state index contributed by atoms with van der Waals surface area (Å²) in [5.74, 6) is -0.554. The molecule has 1 aromatic carbocycles. The number of anilines is 2. The molecular formula is C11H12FN3O. The Labute approximate surface area is 93.0 Å². The van der Waals surface area contributed by atoms with Crippen molar-refractivity contribution < 1.29 is 9.13 Å². The van der Waals surface area contributed by atoms with Crippen molar-refractivity contribution in [1.29, 1.82) is 0 Å². The van der Waals surface area contributed by atoms with Crippen LogP contribution in [0.15, 0.2) is 12.1 Å². The number of rotatable bonds is 3. The van der Waals surface area contributed by atoms with Gasteiger partial charge >= 0.3 is 0 Å². The summed E-state index contributed by atoms with van der Waals surface area (Å²) >= 11 is 0. The minimum Gasteiger partial charge on any atom is -0.398 e. The SMILES string of the molecule is [C-]#[N+]c1cc(N)c(NC[C@@H]2CCO2)cc1F. The summed E-state index contributed by atoms with van der Waals surface area (Å²) in [7, 11) is 0. The van der Waals surface area contributed by atoms with Crippen LogP contribution in [0, 0.1) is 12.4 Å². The average molecular weight is 221 g/mol. The third kappa shape index (κ3) is 2.07. The number of benzene rings is 1. The highest BCUT2D eigenvalue weighted by Crippen LogP contribution is 2.28. The first kappa shape index (κ1) is 10.7. The number of hydrogen-bond acceptors (Lipinski definition) is 3. The smallest absolute Gasteiger partial charge is 0.224 e. The fraction of sp³-hybridized carbons (Fsp3) is 0.364. The van der Waals surface area contributed by atoms with Gasteiger partial charge in [0.15, 0.2) is 0 Å². The average Bonchev–Trinajstić information content (AvgIpc) is 2.20. The topological polar surface area (TPSA) is 51.6 Å². The third-order valence-electron chi connectivity index (χ3n) is 2.55. The Morgan fingerprint density at radius 2 is 2.38 bits per heavy atom. The summed E-state index contributed by atoms with van der Waals surface area (Å²) in [4.78, 5) is 3.04. The van der Waals surface area contributed by atoms with E-state index in [1.54, 1.807) is 0 Å². The van der Waals surface area contributed by atoms with Gasteiger partial charge in [-0.3, -0.25) is 0 Å². The van der Waals surface area contributed by atoms with E-state index in [0.717, 1.165) is 13.0 Å². The van der Waals surface area contributed by atoms with Crippen molar-refractivity contribution in [1.82, 2.24) is 0 Å². The fourth-order valence-electron chi connectivity index (χ4n) is 1.49. The van der Waals surface area contributed by atoms with E-state index in [9.17, 15) is 4.39 Å². The van der Waals surface area contributed by atoms with Crippen LogP contribution in [0.1, 0.15) is 6.42 Å². The van der Waals surface area contributed by atoms with Crippen molar-refractivity contribution in [2.45, 2.75) is 12.5 Å². The molecule has 0 saturated carbocycles. The van der Waals surface area contributed by atoms with Gasteiger partial charge in [-0.1, -0.05) is 0 Å². The Kier molecular flexibility index (Phi) is 2.93. The minimum atomic E-state index is -0.554. The van der Waals surface area contributed by atoms with E-state index in [4.69, 9.17) is 17.0 Å². The Hall–Kier alpha value is -1.80. The van der Waals surface area contributed by atoms with Gasteiger partial charge in [-0.15, -0.1) is 0 Å². The van der Waals surface area contributed by atoms with E-state index >= 15 is 0 Å². The monoisotopic (exact) mass is 221 g/mol. The van der Waals surface area contributed by atoms with Gasteiger partial charge in [0.2, 0.25) is 5.69 Å². The number of halogens is 1. The second-order valence-electron chi connectivity index (χ2n) is 3.67. The largest absolute Gasteiger partial charge is 0.398 e. The van der Waals surface area contributed by atoms with E-state index in [1.165, 1.54) is 12.1 Å². The molecule has 0 radical (unpaired) electrons. The number of nitrogens with two attached hydrogens (primary N) is 1. The first-order valence-electron chi connectivity index (χ1n) is 5.02. The molecule has 0 amide bonds. The first-order chi connectivity index (χ1) is 7.70. The molecule has 5 heteroatoms. The lowest BCUT2D eigenvalue weighted by molar-refractivity contribution is -0.0410. The highest BCUT2D eigenvalue weighted by molar-refractivity contribution is 5.72. The Bertz CT molecular complexity index is 438. The molecule has 84 valence electrons. The lowest BCUT2D eigenvalue weighted by Gasteiger charge is -2.27. The van der Waals surface area contributed by atoms with Gasteiger partial charge < -0.3 is 15.8 Å². The Balaban J connectivity index is 2.08. The molecular weight excluding hydrogens is 209 g/mol. The van der Waals surface area contributed by atoms with Crippen LogP contribution >= 0.6 is 0 Å². The summed E-state index contributed by atoms with van der Waals surface area (Å²) in [6, 6.07) is 2.59. The van der Waals surface area contributed by atoms with Crippen LogP contribution in [0.4, 0.5) is 21.5 Å². The van der Waals surface area contributed by atoms with Crippen molar-refractivity contribution in [3.8, 4) is 0 Å². The second-order valence-corrected chi connectivity index (χ2v) is 3.67. The lowest BCUT2D eigenvalue weighted by atomic mass is 10.1.